The van der Waals surface area contributed by atoms with Crippen molar-refractivity contribution < 1.29 is 19.1 Å². The molecule has 0 saturated heterocycles. The molecule has 1 rings (SSSR count). The number of nitrogens with one attached hydrogen (secondary N) is 1. The Kier molecular flexibility index (Phi) is 6.52. The van der Waals surface area contributed by atoms with Gasteiger partial charge in [0.2, 0.25) is 0 Å². The van der Waals surface area contributed by atoms with Gasteiger partial charge >= 0.3 is 12.0 Å². The lowest BCUT2D eigenvalue weighted by Crippen LogP contribution is -2.33. The first kappa shape index (κ1) is 16.0. The maximum Gasteiger partial charge on any atom is 0.338 e. The van der Waals surface area contributed by atoms with Crippen molar-refractivity contribution in [3.63, 3.8) is 0 Å². The van der Waals surface area contributed by atoms with Crippen molar-refractivity contribution in [2.45, 2.75) is 6.92 Å². The number of carbonyl (C=O) groups excluding carboxylic acids is 2. The molecule has 2 amide bonds. The minimum atomic E-state index is -0.373. The summed E-state index contributed by atoms with van der Waals surface area (Å²) < 4.78 is 9.79. The number of hydrogen-bond donors (Lipinski definition) is 1. The van der Waals surface area contributed by atoms with Crippen molar-refractivity contribution in [2.24, 2.45) is 0 Å². The van der Waals surface area contributed by atoms with E-state index in [0.29, 0.717) is 31.0 Å². The third kappa shape index (κ3) is 4.89. The summed E-state index contributed by atoms with van der Waals surface area (Å²) in [7, 11) is 3.27. The molecular weight excluding hydrogens is 260 g/mol. The van der Waals surface area contributed by atoms with Gasteiger partial charge in [0.25, 0.3) is 0 Å². The van der Waals surface area contributed by atoms with Gasteiger partial charge in [-0.2, -0.15) is 0 Å². The second-order valence-electron chi connectivity index (χ2n) is 4.14. The van der Waals surface area contributed by atoms with Crippen LogP contribution in [0.3, 0.4) is 0 Å². The van der Waals surface area contributed by atoms with Gasteiger partial charge in [-0.25, -0.2) is 9.59 Å². The molecule has 6 nitrogen and oxygen atoms in total. The van der Waals surface area contributed by atoms with Gasteiger partial charge in [0.1, 0.15) is 0 Å². The fraction of sp³-hybridized carbons (Fsp3) is 0.429. The van der Waals surface area contributed by atoms with Gasteiger partial charge in [-0.15, -0.1) is 0 Å². The quantitative estimate of drug-likeness (QED) is 0.809. The zero-order chi connectivity index (χ0) is 15.0. The number of urea groups is 1. The number of esters is 1. The van der Waals surface area contributed by atoms with E-state index in [4.69, 9.17) is 9.47 Å². The zero-order valence-corrected chi connectivity index (χ0v) is 12.0. The van der Waals surface area contributed by atoms with Crippen molar-refractivity contribution in [1.82, 2.24) is 4.90 Å². The lowest BCUT2D eigenvalue weighted by atomic mass is 10.2. The first-order valence-corrected chi connectivity index (χ1v) is 6.36. The molecule has 0 bridgehead atoms. The third-order valence-corrected chi connectivity index (χ3v) is 2.62. The van der Waals surface area contributed by atoms with Crippen LogP contribution in [0.1, 0.15) is 17.3 Å². The summed E-state index contributed by atoms with van der Waals surface area (Å²) >= 11 is 0. The van der Waals surface area contributed by atoms with Gasteiger partial charge in [0.15, 0.2) is 0 Å². The Morgan fingerprint density at radius 1 is 1.25 bits per heavy atom. The second-order valence-corrected chi connectivity index (χ2v) is 4.14. The van der Waals surface area contributed by atoms with Crippen molar-refractivity contribution in [1.29, 1.82) is 0 Å². The molecule has 20 heavy (non-hydrogen) atoms. The molecule has 0 aromatic heterocycles. The number of nitrogens with zero attached hydrogens (tertiary/aromatic N) is 1. The Balaban J connectivity index is 2.56. The second kappa shape index (κ2) is 8.16. The van der Waals surface area contributed by atoms with E-state index in [9.17, 15) is 9.59 Å². The summed E-state index contributed by atoms with van der Waals surface area (Å²) in [5, 5.41) is 2.73. The van der Waals surface area contributed by atoms with Gasteiger partial charge in [0.05, 0.1) is 18.8 Å². The van der Waals surface area contributed by atoms with Crippen molar-refractivity contribution in [2.75, 3.05) is 39.2 Å². The number of ether oxygens (including phenoxy) is 2. The summed E-state index contributed by atoms with van der Waals surface area (Å²) in [4.78, 5) is 24.8. The summed E-state index contributed by atoms with van der Waals surface area (Å²) in [5.74, 6) is -0.373. The average molecular weight is 280 g/mol. The number of hydrogen-bond acceptors (Lipinski definition) is 4. The van der Waals surface area contributed by atoms with Crippen LogP contribution in [0.2, 0.25) is 0 Å². The van der Waals surface area contributed by atoms with Crippen LogP contribution in [-0.4, -0.2) is 50.8 Å². The van der Waals surface area contributed by atoms with Gasteiger partial charge in [0, 0.05) is 26.4 Å². The smallest absolute Gasteiger partial charge is 0.338 e. The molecule has 1 aromatic rings. The topological polar surface area (TPSA) is 67.9 Å². The first-order chi connectivity index (χ1) is 9.58. The highest BCUT2D eigenvalue weighted by Crippen LogP contribution is 2.11. The fourth-order valence-electron chi connectivity index (χ4n) is 1.45. The Morgan fingerprint density at radius 2 is 1.90 bits per heavy atom. The van der Waals surface area contributed by atoms with Crippen LogP contribution < -0.4 is 5.32 Å². The number of benzene rings is 1. The highest BCUT2D eigenvalue weighted by molar-refractivity contribution is 5.92. The lowest BCUT2D eigenvalue weighted by Gasteiger charge is -2.17. The molecule has 0 heterocycles. The summed E-state index contributed by atoms with van der Waals surface area (Å²) in [6.07, 6.45) is 0. The minimum absolute atomic E-state index is 0.231. The zero-order valence-electron chi connectivity index (χ0n) is 12.0. The monoisotopic (exact) mass is 280 g/mol. The van der Waals surface area contributed by atoms with Crippen LogP contribution in [0.25, 0.3) is 0 Å². The van der Waals surface area contributed by atoms with E-state index in [1.807, 2.05) is 0 Å². The van der Waals surface area contributed by atoms with Crippen molar-refractivity contribution in [3.05, 3.63) is 29.8 Å². The van der Waals surface area contributed by atoms with Crippen LogP contribution >= 0.6 is 0 Å². The Labute approximate surface area is 118 Å². The molecule has 0 spiro atoms. The normalized spacial score (nSPS) is 9.95. The van der Waals surface area contributed by atoms with Crippen LogP contribution in [0.5, 0.6) is 0 Å². The molecule has 6 heteroatoms. The number of carbonyl (C=O) groups is 2. The number of methoxy groups -OCH3 is 1. The predicted octanol–water partition coefficient (Wildman–Crippen LogP) is 1.97. The maximum atomic E-state index is 11.8. The van der Waals surface area contributed by atoms with E-state index in [1.165, 1.54) is 4.90 Å². The number of anilines is 1. The summed E-state index contributed by atoms with van der Waals surface area (Å²) in [6.45, 7) is 3.07. The molecule has 0 aliphatic carbocycles. The molecule has 0 aliphatic heterocycles. The van der Waals surface area contributed by atoms with Crippen LogP contribution in [0, 0.1) is 0 Å². The van der Waals surface area contributed by atoms with E-state index in [0.717, 1.165) is 0 Å². The third-order valence-electron chi connectivity index (χ3n) is 2.62. The highest BCUT2D eigenvalue weighted by Gasteiger charge is 2.09. The van der Waals surface area contributed by atoms with E-state index in [1.54, 1.807) is 45.3 Å². The largest absolute Gasteiger partial charge is 0.462 e. The molecule has 0 radical (unpaired) electrons. The van der Waals surface area contributed by atoms with Crippen molar-refractivity contribution in [3.8, 4) is 0 Å². The average Bonchev–Trinajstić information content (AvgIpc) is 2.45. The van der Waals surface area contributed by atoms with Gasteiger partial charge < -0.3 is 19.7 Å². The first-order valence-electron chi connectivity index (χ1n) is 6.36. The number of amides is 2. The minimum Gasteiger partial charge on any atom is -0.462 e. The van der Waals surface area contributed by atoms with Crippen molar-refractivity contribution >= 4 is 17.7 Å². The maximum absolute atomic E-state index is 11.8. The van der Waals surface area contributed by atoms with E-state index < -0.39 is 0 Å². The lowest BCUT2D eigenvalue weighted by molar-refractivity contribution is 0.0526. The predicted molar refractivity (Wildman–Crippen MR) is 75.9 cm³/mol. The van der Waals surface area contributed by atoms with Gasteiger partial charge in [-0.05, 0) is 31.2 Å². The molecule has 0 aliphatic rings. The van der Waals surface area contributed by atoms with E-state index >= 15 is 0 Å². The molecule has 110 valence electrons. The van der Waals surface area contributed by atoms with E-state index in [2.05, 4.69) is 5.32 Å². The molecule has 1 aromatic carbocycles. The van der Waals surface area contributed by atoms with Gasteiger partial charge in [-0.1, -0.05) is 0 Å². The summed E-state index contributed by atoms with van der Waals surface area (Å²) in [5.41, 5.74) is 1.07. The molecule has 0 fully saturated rings. The molecule has 1 N–H and O–H groups in total. The molecular formula is C14H20N2O4. The highest BCUT2D eigenvalue weighted by atomic mass is 16.5. The standard InChI is InChI=1S/C14H20N2O4/c1-4-20-13(17)11-5-7-12(8-6-11)15-14(18)16(2)9-10-19-3/h5-8H,4,9-10H2,1-3H3,(H,15,18). The molecule has 0 saturated carbocycles. The number of rotatable bonds is 6. The Hall–Kier alpha value is -2.08. The molecule has 0 unspecified atom stereocenters. The SMILES string of the molecule is CCOC(=O)c1ccc(NC(=O)N(C)CCOC)cc1. The fourth-order valence-corrected chi connectivity index (χ4v) is 1.45. The molecule has 0 atom stereocenters. The van der Waals surface area contributed by atoms with Crippen LogP contribution in [-0.2, 0) is 9.47 Å². The summed E-state index contributed by atoms with van der Waals surface area (Å²) in [6, 6.07) is 6.32. The van der Waals surface area contributed by atoms with Crippen LogP contribution in [0.4, 0.5) is 10.5 Å². The van der Waals surface area contributed by atoms with Crippen LogP contribution in [0.15, 0.2) is 24.3 Å². The Morgan fingerprint density at radius 3 is 2.45 bits per heavy atom. The van der Waals surface area contributed by atoms with E-state index in [-0.39, 0.29) is 12.0 Å². The number of likely N-dealkylation sites (N-methyl/N-ethyl adjacent to an activating group) is 1. The Bertz CT molecular complexity index is 445. The van der Waals surface area contributed by atoms with Gasteiger partial charge in [-0.3, -0.25) is 0 Å².